The zero-order valence-corrected chi connectivity index (χ0v) is 7.94. The van der Waals surface area contributed by atoms with Crippen LogP contribution < -0.4 is 0 Å². The maximum atomic E-state index is 13.4. The maximum Gasteiger partial charge on any atom is 0.150 e. The highest BCUT2D eigenvalue weighted by Crippen LogP contribution is 2.27. The molecule has 0 saturated carbocycles. The third kappa shape index (κ3) is 1.40. The highest BCUT2D eigenvalue weighted by atomic mass is 32.2. The standard InChI is InChI=1S/C10H8FNS/c1-13-9-4-2-3-7-5-12-6-8(11)10(7)9/h2-6H,1H3. The lowest BCUT2D eigenvalue weighted by Crippen LogP contribution is -1.84. The van der Waals surface area contributed by atoms with Crippen molar-refractivity contribution in [1.82, 2.24) is 4.98 Å². The molecule has 13 heavy (non-hydrogen) atoms. The molecule has 0 saturated heterocycles. The molecule has 1 nitrogen and oxygen atoms in total. The average Bonchev–Trinajstić information content (AvgIpc) is 2.17. The Hall–Kier alpha value is -1.09. The number of hydrogen-bond acceptors (Lipinski definition) is 2. The Morgan fingerprint density at radius 1 is 1.31 bits per heavy atom. The van der Waals surface area contributed by atoms with Crippen LogP contribution in [0.15, 0.2) is 35.5 Å². The molecule has 2 aromatic rings. The average molecular weight is 193 g/mol. The van der Waals surface area contributed by atoms with Crippen molar-refractivity contribution in [2.24, 2.45) is 0 Å². The lowest BCUT2D eigenvalue weighted by Gasteiger charge is -2.03. The monoisotopic (exact) mass is 193 g/mol. The van der Waals surface area contributed by atoms with Crippen molar-refractivity contribution in [1.29, 1.82) is 0 Å². The van der Waals surface area contributed by atoms with E-state index in [1.54, 1.807) is 18.0 Å². The molecule has 0 aliphatic rings. The molecule has 0 atom stereocenters. The summed E-state index contributed by atoms with van der Waals surface area (Å²) in [6.45, 7) is 0. The molecule has 0 aliphatic heterocycles. The molecule has 0 N–H and O–H groups in total. The molecular formula is C10H8FNS. The van der Waals surface area contributed by atoms with E-state index in [-0.39, 0.29) is 5.82 Å². The number of nitrogens with zero attached hydrogens (tertiary/aromatic N) is 1. The van der Waals surface area contributed by atoms with Gasteiger partial charge in [-0.15, -0.1) is 11.8 Å². The number of benzene rings is 1. The van der Waals surface area contributed by atoms with Gasteiger partial charge in [0.1, 0.15) is 5.82 Å². The third-order valence-corrected chi connectivity index (χ3v) is 2.70. The van der Waals surface area contributed by atoms with Crippen molar-refractivity contribution in [3.8, 4) is 0 Å². The van der Waals surface area contributed by atoms with Crippen LogP contribution in [-0.4, -0.2) is 11.2 Å². The lowest BCUT2D eigenvalue weighted by molar-refractivity contribution is 0.632. The van der Waals surface area contributed by atoms with Gasteiger partial charge in [0.25, 0.3) is 0 Å². The van der Waals surface area contributed by atoms with Gasteiger partial charge in [-0.25, -0.2) is 4.39 Å². The highest BCUT2D eigenvalue weighted by molar-refractivity contribution is 7.98. The fourth-order valence-corrected chi connectivity index (χ4v) is 1.96. The summed E-state index contributed by atoms with van der Waals surface area (Å²) in [4.78, 5) is 4.76. The Kier molecular flexibility index (Phi) is 2.19. The summed E-state index contributed by atoms with van der Waals surface area (Å²) in [5.41, 5.74) is 0. The molecule has 0 radical (unpaired) electrons. The predicted octanol–water partition coefficient (Wildman–Crippen LogP) is 3.10. The summed E-state index contributed by atoms with van der Waals surface area (Å²) in [6, 6.07) is 5.69. The number of pyridine rings is 1. The molecule has 66 valence electrons. The summed E-state index contributed by atoms with van der Waals surface area (Å²) in [5, 5.41) is 1.52. The van der Waals surface area contributed by atoms with Gasteiger partial charge in [0.05, 0.1) is 6.20 Å². The molecule has 0 amide bonds. The molecule has 1 heterocycles. The van der Waals surface area contributed by atoms with Crippen molar-refractivity contribution >= 4 is 22.5 Å². The second-order valence-corrected chi connectivity index (χ2v) is 3.53. The minimum Gasteiger partial charge on any atom is -0.261 e. The van der Waals surface area contributed by atoms with Crippen molar-refractivity contribution in [2.75, 3.05) is 6.26 Å². The van der Waals surface area contributed by atoms with E-state index in [1.165, 1.54) is 6.20 Å². The minimum absolute atomic E-state index is 0.248. The molecule has 1 aromatic heterocycles. The molecule has 3 heteroatoms. The molecule has 0 bridgehead atoms. The first kappa shape index (κ1) is 8.51. The summed E-state index contributed by atoms with van der Waals surface area (Å²) in [5.74, 6) is -0.248. The summed E-state index contributed by atoms with van der Waals surface area (Å²) < 4.78 is 13.4. The Labute approximate surface area is 80.0 Å². The van der Waals surface area contributed by atoms with E-state index in [9.17, 15) is 4.39 Å². The zero-order chi connectivity index (χ0) is 9.26. The van der Waals surface area contributed by atoms with E-state index in [0.29, 0.717) is 5.39 Å². The van der Waals surface area contributed by atoms with Gasteiger partial charge in [0.2, 0.25) is 0 Å². The number of halogens is 1. The smallest absolute Gasteiger partial charge is 0.150 e. The molecule has 0 fully saturated rings. The second kappa shape index (κ2) is 3.34. The van der Waals surface area contributed by atoms with Crippen LogP contribution in [0.1, 0.15) is 0 Å². The Bertz CT molecular complexity index is 437. The van der Waals surface area contributed by atoms with E-state index in [1.807, 2.05) is 24.5 Å². The Morgan fingerprint density at radius 2 is 2.15 bits per heavy atom. The van der Waals surface area contributed by atoms with Crippen LogP contribution >= 0.6 is 11.8 Å². The van der Waals surface area contributed by atoms with E-state index in [2.05, 4.69) is 4.98 Å². The van der Waals surface area contributed by atoms with E-state index in [4.69, 9.17) is 0 Å². The highest BCUT2D eigenvalue weighted by Gasteiger charge is 2.04. The van der Waals surface area contributed by atoms with E-state index in [0.717, 1.165) is 10.3 Å². The fraction of sp³-hybridized carbons (Fsp3) is 0.100. The molecule has 1 aromatic carbocycles. The number of aromatic nitrogens is 1. The number of fused-ring (bicyclic) bond motifs is 1. The maximum absolute atomic E-state index is 13.4. The third-order valence-electron chi connectivity index (χ3n) is 1.92. The van der Waals surface area contributed by atoms with Gasteiger partial charge >= 0.3 is 0 Å². The normalized spacial score (nSPS) is 10.6. The van der Waals surface area contributed by atoms with E-state index >= 15 is 0 Å². The van der Waals surface area contributed by atoms with Gasteiger partial charge in [-0.3, -0.25) is 4.98 Å². The Morgan fingerprint density at radius 3 is 2.92 bits per heavy atom. The number of rotatable bonds is 1. The fourth-order valence-electron chi connectivity index (χ4n) is 1.33. The van der Waals surface area contributed by atoms with Gasteiger partial charge in [-0.2, -0.15) is 0 Å². The van der Waals surface area contributed by atoms with Crippen LogP contribution in [0.25, 0.3) is 10.8 Å². The number of thioether (sulfide) groups is 1. The van der Waals surface area contributed by atoms with Gasteiger partial charge in [0.15, 0.2) is 0 Å². The van der Waals surface area contributed by atoms with Gasteiger partial charge < -0.3 is 0 Å². The van der Waals surface area contributed by atoms with Crippen LogP contribution in [-0.2, 0) is 0 Å². The molecule has 0 unspecified atom stereocenters. The SMILES string of the molecule is CSc1cccc2cncc(F)c12. The van der Waals surface area contributed by atoms with Crippen LogP contribution in [0.2, 0.25) is 0 Å². The zero-order valence-electron chi connectivity index (χ0n) is 7.12. The van der Waals surface area contributed by atoms with Gasteiger partial charge in [0, 0.05) is 21.9 Å². The van der Waals surface area contributed by atoms with Crippen LogP contribution in [0, 0.1) is 5.82 Å². The summed E-state index contributed by atoms with van der Waals surface area (Å²) in [6.07, 6.45) is 4.87. The van der Waals surface area contributed by atoms with Gasteiger partial charge in [-0.1, -0.05) is 12.1 Å². The molecular weight excluding hydrogens is 185 g/mol. The lowest BCUT2D eigenvalue weighted by atomic mass is 10.2. The summed E-state index contributed by atoms with van der Waals surface area (Å²) >= 11 is 1.54. The minimum atomic E-state index is -0.248. The van der Waals surface area contributed by atoms with Crippen LogP contribution in [0.4, 0.5) is 4.39 Å². The molecule has 0 spiro atoms. The quantitative estimate of drug-likeness (QED) is 0.645. The van der Waals surface area contributed by atoms with Crippen molar-refractivity contribution in [2.45, 2.75) is 4.90 Å². The first-order valence-electron chi connectivity index (χ1n) is 3.89. The molecule has 0 aliphatic carbocycles. The van der Waals surface area contributed by atoms with E-state index < -0.39 is 0 Å². The first-order valence-corrected chi connectivity index (χ1v) is 5.11. The predicted molar refractivity (Wildman–Crippen MR) is 53.5 cm³/mol. The van der Waals surface area contributed by atoms with Gasteiger partial charge in [-0.05, 0) is 12.3 Å². The molecule has 2 rings (SSSR count). The second-order valence-electron chi connectivity index (χ2n) is 2.68. The van der Waals surface area contributed by atoms with Crippen LogP contribution in [0.5, 0.6) is 0 Å². The Balaban J connectivity index is 2.87. The summed E-state index contributed by atoms with van der Waals surface area (Å²) in [7, 11) is 0. The first-order chi connectivity index (χ1) is 6.33. The van der Waals surface area contributed by atoms with Crippen molar-refractivity contribution in [3.05, 3.63) is 36.4 Å². The number of hydrogen-bond donors (Lipinski definition) is 0. The van der Waals surface area contributed by atoms with Crippen molar-refractivity contribution in [3.63, 3.8) is 0 Å². The largest absolute Gasteiger partial charge is 0.261 e. The topological polar surface area (TPSA) is 12.9 Å². The van der Waals surface area contributed by atoms with Crippen LogP contribution in [0.3, 0.4) is 0 Å². The van der Waals surface area contributed by atoms with Crippen molar-refractivity contribution < 1.29 is 4.39 Å².